The van der Waals surface area contributed by atoms with E-state index in [1.54, 1.807) is 19.1 Å². The predicted octanol–water partition coefficient (Wildman–Crippen LogP) is 3.01. The quantitative estimate of drug-likeness (QED) is 0.893. The maximum absolute atomic E-state index is 12.0. The Morgan fingerprint density at radius 2 is 1.95 bits per heavy atom. The molecule has 0 radical (unpaired) electrons. The van der Waals surface area contributed by atoms with Gasteiger partial charge in [0.2, 0.25) is 0 Å². The van der Waals surface area contributed by atoms with Gasteiger partial charge < -0.3 is 10.3 Å². The van der Waals surface area contributed by atoms with Crippen molar-refractivity contribution in [2.45, 2.75) is 13.8 Å². The Hall–Kier alpha value is -1.88. The second-order valence-corrected chi connectivity index (χ2v) is 5.16. The summed E-state index contributed by atoms with van der Waals surface area (Å²) >= 11 is 3.39. The van der Waals surface area contributed by atoms with E-state index in [0.717, 1.165) is 15.7 Å². The maximum atomic E-state index is 12.0. The Kier molecular flexibility index (Phi) is 3.85. The molecule has 2 rings (SSSR count). The zero-order valence-corrected chi connectivity index (χ0v) is 12.2. The summed E-state index contributed by atoms with van der Waals surface area (Å²) in [6.07, 6.45) is 0. The number of halogens is 1. The average molecular weight is 321 g/mol. The number of aryl methyl sites for hydroxylation is 2. The lowest BCUT2D eigenvalue weighted by atomic mass is 10.2. The van der Waals surface area contributed by atoms with E-state index >= 15 is 0 Å². The molecule has 0 saturated heterocycles. The van der Waals surface area contributed by atoms with Gasteiger partial charge in [-0.25, -0.2) is 0 Å². The van der Waals surface area contributed by atoms with Gasteiger partial charge in [0.25, 0.3) is 11.5 Å². The third-order valence-corrected chi connectivity index (χ3v) is 3.61. The maximum Gasteiger partial charge on any atom is 0.261 e. The van der Waals surface area contributed by atoms with Gasteiger partial charge in [-0.2, -0.15) is 0 Å². The number of carbonyl (C=O) groups is 1. The van der Waals surface area contributed by atoms with E-state index in [1.807, 2.05) is 19.1 Å². The number of hydrogen-bond acceptors (Lipinski definition) is 2. The van der Waals surface area contributed by atoms with Crippen molar-refractivity contribution < 1.29 is 4.79 Å². The lowest BCUT2D eigenvalue weighted by Crippen LogP contribution is -2.23. The summed E-state index contributed by atoms with van der Waals surface area (Å²) < 4.78 is 0.971. The van der Waals surface area contributed by atoms with Gasteiger partial charge >= 0.3 is 0 Å². The minimum atomic E-state index is -0.414. The molecule has 0 aliphatic heterocycles. The largest absolute Gasteiger partial charge is 0.326 e. The van der Waals surface area contributed by atoms with Gasteiger partial charge in [0.05, 0.1) is 0 Å². The topological polar surface area (TPSA) is 62.0 Å². The van der Waals surface area contributed by atoms with Crippen LogP contribution in [0.25, 0.3) is 0 Å². The summed E-state index contributed by atoms with van der Waals surface area (Å²) in [5, 5.41) is 2.71. The highest BCUT2D eigenvalue weighted by Crippen LogP contribution is 2.20. The summed E-state index contributed by atoms with van der Waals surface area (Å²) in [6, 6.07) is 8.68. The molecular formula is C14H13BrN2O2. The molecule has 5 heteroatoms. The third kappa shape index (κ3) is 3.12. The first-order valence-corrected chi connectivity index (χ1v) is 6.54. The van der Waals surface area contributed by atoms with Crippen LogP contribution >= 0.6 is 15.9 Å². The normalized spacial score (nSPS) is 10.3. The van der Waals surface area contributed by atoms with E-state index < -0.39 is 5.91 Å². The molecule has 0 saturated carbocycles. The number of aromatic nitrogens is 1. The molecule has 2 N–H and O–H groups in total. The summed E-state index contributed by atoms with van der Waals surface area (Å²) in [5.41, 5.74) is 2.11. The Balaban J connectivity index is 2.25. The summed E-state index contributed by atoms with van der Waals surface area (Å²) in [7, 11) is 0. The van der Waals surface area contributed by atoms with Crippen LogP contribution in [0.15, 0.2) is 39.6 Å². The van der Waals surface area contributed by atoms with Crippen LogP contribution in [-0.4, -0.2) is 10.9 Å². The van der Waals surface area contributed by atoms with Crippen LogP contribution in [0.4, 0.5) is 5.69 Å². The van der Waals surface area contributed by atoms with Crippen LogP contribution in [0, 0.1) is 13.8 Å². The summed E-state index contributed by atoms with van der Waals surface area (Å²) in [4.78, 5) is 26.3. The Labute approximate surface area is 119 Å². The van der Waals surface area contributed by atoms with Crippen molar-refractivity contribution in [3.63, 3.8) is 0 Å². The van der Waals surface area contributed by atoms with E-state index in [1.165, 1.54) is 6.07 Å². The van der Waals surface area contributed by atoms with Crippen molar-refractivity contribution in [2.75, 3.05) is 5.32 Å². The molecule has 0 aliphatic rings. The van der Waals surface area contributed by atoms with E-state index in [2.05, 4.69) is 26.2 Å². The summed E-state index contributed by atoms with van der Waals surface area (Å²) in [5.74, 6) is -0.414. The van der Waals surface area contributed by atoms with Crippen LogP contribution < -0.4 is 10.9 Å². The fraction of sp³-hybridized carbons (Fsp3) is 0.143. The number of anilines is 1. The number of H-pyrrole nitrogens is 1. The highest BCUT2D eigenvalue weighted by atomic mass is 79.9. The van der Waals surface area contributed by atoms with Crippen molar-refractivity contribution >= 4 is 27.5 Å². The van der Waals surface area contributed by atoms with Gasteiger partial charge in [-0.1, -0.05) is 15.9 Å². The molecule has 0 bridgehead atoms. The number of amides is 1. The molecule has 98 valence electrons. The standard InChI is InChI=1S/C14H13BrN2O2/c1-8-7-10(4-6-12(8)15)17-14(19)11-5-3-9(2)16-13(11)18/h3-7H,1-2H3,(H,16,18)(H,17,19). The first kappa shape index (κ1) is 13.5. The van der Waals surface area contributed by atoms with E-state index in [4.69, 9.17) is 0 Å². The minimum Gasteiger partial charge on any atom is -0.326 e. The van der Waals surface area contributed by atoms with Crippen molar-refractivity contribution in [1.29, 1.82) is 0 Å². The van der Waals surface area contributed by atoms with Crippen LogP contribution in [0.1, 0.15) is 21.6 Å². The first-order valence-electron chi connectivity index (χ1n) is 5.75. The molecule has 0 unspecified atom stereocenters. The van der Waals surface area contributed by atoms with Gasteiger partial charge in [-0.3, -0.25) is 9.59 Å². The Morgan fingerprint density at radius 1 is 1.21 bits per heavy atom. The lowest BCUT2D eigenvalue weighted by Gasteiger charge is -2.07. The minimum absolute atomic E-state index is 0.103. The van der Waals surface area contributed by atoms with E-state index in [9.17, 15) is 9.59 Å². The molecule has 4 nitrogen and oxygen atoms in total. The van der Waals surface area contributed by atoms with Crippen molar-refractivity contribution in [2.24, 2.45) is 0 Å². The fourth-order valence-electron chi connectivity index (χ4n) is 1.67. The van der Waals surface area contributed by atoms with E-state index in [-0.39, 0.29) is 11.1 Å². The van der Waals surface area contributed by atoms with Gasteiger partial charge in [0.1, 0.15) is 5.56 Å². The molecule has 0 spiro atoms. The van der Waals surface area contributed by atoms with Gasteiger partial charge in [-0.15, -0.1) is 0 Å². The molecule has 1 aromatic carbocycles. The zero-order chi connectivity index (χ0) is 14.0. The number of hydrogen-bond donors (Lipinski definition) is 2. The Bertz CT molecular complexity index is 692. The van der Waals surface area contributed by atoms with Gasteiger partial charge in [0.15, 0.2) is 0 Å². The van der Waals surface area contributed by atoms with Crippen molar-refractivity contribution in [1.82, 2.24) is 4.98 Å². The monoisotopic (exact) mass is 320 g/mol. The number of aromatic amines is 1. The number of pyridine rings is 1. The molecule has 0 aliphatic carbocycles. The zero-order valence-electron chi connectivity index (χ0n) is 10.6. The predicted molar refractivity (Wildman–Crippen MR) is 78.6 cm³/mol. The second-order valence-electron chi connectivity index (χ2n) is 4.30. The van der Waals surface area contributed by atoms with Crippen LogP contribution in [-0.2, 0) is 0 Å². The van der Waals surface area contributed by atoms with Crippen molar-refractivity contribution in [3.8, 4) is 0 Å². The number of nitrogens with one attached hydrogen (secondary N) is 2. The molecule has 19 heavy (non-hydrogen) atoms. The molecule has 0 atom stereocenters. The SMILES string of the molecule is Cc1ccc(C(=O)Nc2ccc(Br)c(C)c2)c(=O)[nH]1. The summed E-state index contributed by atoms with van der Waals surface area (Å²) in [6.45, 7) is 3.69. The second kappa shape index (κ2) is 5.40. The van der Waals surface area contributed by atoms with Gasteiger partial charge in [-0.05, 0) is 49.7 Å². The highest BCUT2D eigenvalue weighted by Gasteiger charge is 2.10. The number of carbonyl (C=O) groups excluding carboxylic acids is 1. The Morgan fingerprint density at radius 3 is 2.58 bits per heavy atom. The van der Waals surface area contributed by atoms with Gasteiger partial charge in [0, 0.05) is 15.9 Å². The van der Waals surface area contributed by atoms with Crippen LogP contribution in [0.3, 0.4) is 0 Å². The molecule has 1 aromatic heterocycles. The average Bonchev–Trinajstić information content (AvgIpc) is 2.33. The first-order chi connectivity index (χ1) is 8.97. The van der Waals surface area contributed by atoms with Crippen LogP contribution in [0.2, 0.25) is 0 Å². The van der Waals surface area contributed by atoms with Crippen LogP contribution in [0.5, 0.6) is 0 Å². The van der Waals surface area contributed by atoms with Crippen molar-refractivity contribution in [3.05, 3.63) is 62.0 Å². The molecule has 0 fully saturated rings. The third-order valence-electron chi connectivity index (χ3n) is 2.72. The lowest BCUT2D eigenvalue weighted by molar-refractivity contribution is 0.102. The highest BCUT2D eigenvalue weighted by molar-refractivity contribution is 9.10. The molecule has 2 aromatic rings. The molecule has 1 amide bonds. The van der Waals surface area contributed by atoms with E-state index in [0.29, 0.717) is 5.69 Å². The number of rotatable bonds is 2. The molecule has 1 heterocycles. The smallest absolute Gasteiger partial charge is 0.261 e. The fourth-order valence-corrected chi connectivity index (χ4v) is 1.92. The molecular weight excluding hydrogens is 308 g/mol. The number of benzene rings is 1.